The topological polar surface area (TPSA) is 29.1 Å². The Morgan fingerprint density at radius 3 is 2.29 bits per heavy atom. The van der Waals surface area contributed by atoms with Gasteiger partial charge in [0.15, 0.2) is 11.6 Å². The van der Waals surface area contributed by atoms with Crippen molar-refractivity contribution in [3.05, 3.63) is 34.9 Å². The Bertz CT molecular complexity index is 430. The van der Waals surface area contributed by atoms with Crippen LogP contribution < -0.4 is 5.32 Å². The molecule has 0 fully saturated rings. The van der Waals surface area contributed by atoms with Crippen LogP contribution in [0.1, 0.15) is 36.7 Å². The minimum atomic E-state index is -1.08. The van der Waals surface area contributed by atoms with Crippen LogP contribution in [0.5, 0.6) is 0 Å². The Balaban J connectivity index is 2.94. The fourth-order valence-electron chi connectivity index (χ4n) is 1.27. The number of benzene rings is 1. The normalized spacial score (nSPS) is 12.6. The Morgan fingerprint density at radius 2 is 1.76 bits per heavy atom. The van der Waals surface area contributed by atoms with Crippen molar-refractivity contribution in [3.8, 4) is 0 Å². The van der Waals surface area contributed by atoms with Crippen LogP contribution in [-0.2, 0) is 0 Å². The molecule has 1 unspecified atom stereocenters. The number of nitrogens with one attached hydrogen (secondary N) is 1. The zero-order valence-electron chi connectivity index (χ0n) is 10.5. The lowest BCUT2D eigenvalue weighted by molar-refractivity contribution is 0.0925. The van der Waals surface area contributed by atoms with Gasteiger partial charge in [0, 0.05) is 6.04 Å². The molecule has 4 heteroatoms. The molecule has 1 rings (SSSR count). The maximum Gasteiger partial charge on any atom is 0.254 e. The molecule has 17 heavy (non-hydrogen) atoms. The molecule has 2 nitrogen and oxygen atoms in total. The van der Waals surface area contributed by atoms with Crippen molar-refractivity contribution in [2.45, 2.75) is 33.7 Å². The molecular weight excluding hydrogens is 224 g/mol. The van der Waals surface area contributed by atoms with Gasteiger partial charge < -0.3 is 5.32 Å². The quantitative estimate of drug-likeness (QED) is 0.865. The molecule has 0 heterocycles. The summed E-state index contributed by atoms with van der Waals surface area (Å²) in [4.78, 5) is 11.7. The highest BCUT2D eigenvalue weighted by atomic mass is 19.2. The number of aryl methyl sites for hydroxylation is 1. The van der Waals surface area contributed by atoms with Crippen LogP contribution in [0.15, 0.2) is 12.1 Å². The third-order valence-corrected chi connectivity index (χ3v) is 2.88. The van der Waals surface area contributed by atoms with E-state index in [2.05, 4.69) is 5.32 Å². The van der Waals surface area contributed by atoms with Gasteiger partial charge in [-0.2, -0.15) is 0 Å². The first-order valence-corrected chi connectivity index (χ1v) is 5.60. The Labute approximate surface area is 100 Å². The molecule has 0 radical (unpaired) electrons. The summed E-state index contributed by atoms with van der Waals surface area (Å²) in [6, 6.07) is 2.61. The summed E-state index contributed by atoms with van der Waals surface area (Å²) in [6.07, 6.45) is 0. The molecule has 1 atom stereocenters. The number of hydrogen-bond donors (Lipinski definition) is 1. The van der Waals surface area contributed by atoms with Crippen molar-refractivity contribution >= 4 is 5.91 Å². The first-order chi connectivity index (χ1) is 7.84. The number of carbonyl (C=O) groups is 1. The van der Waals surface area contributed by atoms with Gasteiger partial charge in [-0.25, -0.2) is 8.78 Å². The first-order valence-electron chi connectivity index (χ1n) is 5.60. The van der Waals surface area contributed by atoms with Gasteiger partial charge in [-0.3, -0.25) is 4.79 Å². The lowest BCUT2D eigenvalue weighted by atomic mass is 10.1. The van der Waals surface area contributed by atoms with Gasteiger partial charge in [-0.15, -0.1) is 0 Å². The van der Waals surface area contributed by atoms with E-state index in [1.54, 1.807) is 0 Å². The van der Waals surface area contributed by atoms with Gasteiger partial charge >= 0.3 is 0 Å². The smallest absolute Gasteiger partial charge is 0.254 e. The summed E-state index contributed by atoms with van der Waals surface area (Å²) < 4.78 is 26.8. The summed E-state index contributed by atoms with van der Waals surface area (Å²) in [5.74, 6) is -2.40. The van der Waals surface area contributed by atoms with E-state index in [1.165, 1.54) is 19.1 Å². The number of hydrogen-bond acceptors (Lipinski definition) is 1. The van der Waals surface area contributed by atoms with E-state index in [9.17, 15) is 13.6 Å². The van der Waals surface area contributed by atoms with Crippen molar-refractivity contribution in [2.24, 2.45) is 5.92 Å². The minimum absolute atomic E-state index is 0.0914. The van der Waals surface area contributed by atoms with Crippen molar-refractivity contribution in [1.29, 1.82) is 0 Å². The molecule has 0 saturated carbocycles. The summed E-state index contributed by atoms with van der Waals surface area (Å²) in [5, 5.41) is 2.64. The van der Waals surface area contributed by atoms with Crippen LogP contribution in [0.2, 0.25) is 0 Å². The number of carbonyl (C=O) groups excluding carboxylic acids is 1. The van der Waals surface area contributed by atoms with E-state index in [-0.39, 0.29) is 23.1 Å². The van der Waals surface area contributed by atoms with Gasteiger partial charge in [0.05, 0.1) is 5.56 Å². The zero-order valence-corrected chi connectivity index (χ0v) is 10.5. The van der Waals surface area contributed by atoms with Crippen molar-refractivity contribution in [1.82, 2.24) is 5.32 Å². The average Bonchev–Trinajstić information content (AvgIpc) is 2.25. The highest BCUT2D eigenvalue weighted by molar-refractivity contribution is 5.94. The number of halogens is 2. The lowest BCUT2D eigenvalue weighted by Gasteiger charge is -2.17. The van der Waals surface area contributed by atoms with E-state index in [0.29, 0.717) is 0 Å². The third kappa shape index (κ3) is 3.02. The van der Waals surface area contributed by atoms with Crippen LogP contribution >= 0.6 is 0 Å². The summed E-state index contributed by atoms with van der Waals surface area (Å²) in [5.41, 5.74) is -0.0587. The molecular formula is C13H17F2NO. The van der Waals surface area contributed by atoms with Gasteiger partial charge in [0.25, 0.3) is 5.91 Å². The second kappa shape index (κ2) is 5.25. The highest BCUT2D eigenvalue weighted by Crippen LogP contribution is 2.16. The molecule has 0 aliphatic rings. The molecule has 0 bridgehead atoms. The molecule has 0 aliphatic heterocycles. The predicted molar refractivity (Wildman–Crippen MR) is 62.9 cm³/mol. The second-order valence-electron chi connectivity index (χ2n) is 4.56. The molecule has 1 amide bonds. The van der Waals surface area contributed by atoms with Gasteiger partial charge in [-0.1, -0.05) is 19.9 Å². The average molecular weight is 241 g/mol. The molecule has 1 aromatic carbocycles. The highest BCUT2D eigenvalue weighted by Gasteiger charge is 2.19. The molecule has 94 valence electrons. The Morgan fingerprint density at radius 1 is 1.18 bits per heavy atom. The van der Waals surface area contributed by atoms with Crippen LogP contribution in [0.25, 0.3) is 0 Å². The van der Waals surface area contributed by atoms with E-state index in [1.807, 2.05) is 20.8 Å². The van der Waals surface area contributed by atoms with Crippen molar-refractivity contribution < 1.29 is 13.6 Å². The fourth-order valence-corrected chi connectivity index (χ4v) is 1.27. The summed E-state index contributed by atoms with van der Waals surface area (Å²) >= 11 is 0. The van der Waals surface area contributed by atoms with Crippen LogP contribution in [0, 0.1) is 24.5 Å². The standard InChI is InChI=1S/C13H17F2NO/c1-7(2)9(4)16-13(17)10-6-5-8(3)11(14)12(10)15/h5-7,9H,1-4H3,(H,16,17). The fraction of sp³-hybridized carbons (Fsp3) is 0.462. The second-order valence-corrected chi connectivity index (χ2v) is 4.56. The molecule has 1 N–H and O–H groups in total. The Hall–Kier alpha value is -1.45. The van der Waals surface area contributed by atoms with E-state index in [4.69, 9.17) is 0 Å². The molecule has 0 aromatic heterocycles. The van der Waals surface area contributed by atoms with E-state index < -0.39 is 17.5 Å². The largest absolute Gasteiger partial charge is 0.349 e. The first kappa shape index (κ1) is 13.6. The number of amides is 1. The molecule has 0 aliphatic carbocycles. The van der Waals surface area contributed by atoms with E-state index in [0.717, 1.165) is 0 Å². The Kier molecular flexibility index (Phi) is 4.21. The van der Waals surface area contributed by atoms with Gasteiger partial charge in [0.2, 0.25) is 0 Å². The van der Waals surface area contributed by atoms with Gasteiger partial charge in [-0.05, 0) is 31.4 Å². The SMILES string of the molecule is Cc1ccc(C(=O)NC(C)C(C)C)c(F)c1F. The van der Waals surface area contributed by atoms with Crippen LogP contribution in [0.3, 0.4) is 0 Å². The molecule has 0 spiro atoms. The summed E-state index contributed by atoms with van der Waals surface area (Å²) in [7, 11) is 0. The minimum Gasteiger partial charge on any atom is -0.349 e. The zero-order chi connectivity index (χ0) is 13.2. The monoisotopic (exact) mass is 241 g/mol. The van der Waals surface area contributed by atoms with E-state index >= 15 is 0 Å². The van der Waals surface area contributed by atoms with Gasteiger partial charge in [0.1, 0.15) is 0 Å². The maximum atomic E-state index is 13.5. The van der Waals surface area contributed by atoms with Crippen molar-refractivity contribution in [3.63, 3.8) is 0 Å². The number of rotatable bonds is 3. The summed E-state index contributed by atoms with van der Waals surface area (Å²) in [6.45, 7) is 7.16. The lowest BCUT2D eigenvalue weighted by Crippen LogP contribution is -2.36. The van der Waals surface area contributed by atoms with Crippen LogP contribution in [-0.4, -0.2) is 11.9 Å². The predicted octanol–water partition coefficient (Wildman–Crippen LogP) is 3.05. The third-order valence-electron chi connectivity index (χ3n) is 2.88. The molecule has 0 saturated heterocycles. The molecule has 1 aromatic rings. The van der Waals surface area contributed by atoms with Crippen LogP contribution in [0.4, 0.5) is 8.78 Å². The maximum absolute atomic E-state index is 13.5. The van der Waals surface area contributed by atoms with Crippen molar-refractivity contribution in [2.75, 3.05) is 0 Å².